The van der Waals surface area contributed by atoms with Crippen LogP contribution < -0.4 is 5.69 Å². The lowest BCUT2D eigenvalue weighted by Gasteiger charge is -2.35. The average molecular weight is 406 g/mol. The second-order valence-electron chi connectivity index (χ2n) is 9.04. The number of fused-ring (bicyclic) bond motifs is 1. The van der Waals surface area contributed by atoms with Crippen LogP contribution in [0.4, 0.5) is 0 Å². The quantitative estimate of drug-likeness (QED) is 0.471. The molecule has 0 saturated carbocycles. The molecule has 3 N–H and O–H groups in total. The maximum absolute atomic E-state index is 12.2. The van der Waals surface area contributed by atoms with Crippen molar-refractivity contribution in [3.05, 3.63) is 69.7 Å². The van der Waals surface area contributed by atoms with Crippen molar-refractivity contribution in [3.63, 3.8) is 0 Å². The largest absolute Gasteiger partial charge is 0.379 e. The highest BCUT2D eigenvalue weighted by Crippen LogP contribution is 2.43. The van der Waals surface area contributed by atoms with E-state index in [4.69, 9.17) is 4.52 Å². The van der Waals surface area contributed by atoms with Gasteiger partial charge in [-0.25, -0.2) is 4.79 Å². The van der Waals surface area contributed by atoms with Gasteiger partial charge >= 0.3 is 5.69 Å². The number of aryl methyl sites for hydroxylation is 2. The second-order valence-corrected chi connectivity index (χ2v) is 9.04. The molecule has 1 atom stereocenters. The summed E-state index contributed by atoms with van der Waals surface area (Å²) in [7, 11) is 0. The lowest BCUT2D eigenvalue weighted by Crippen LogP contribution is -2.34. The van der Waals surface area contributed by atoms with Crippen LogP contribution in [0.25, 0.3) is 22.2 Å². The first-order chi connectivity index (χ1) is 14.1. The van der Waals surface area contributed by atoms with Gasteiger partial charge in [0, 0.05) is 17.3 Å². The van der Waals surface area contributed by atoms with Crippen LogP contribution in [0, 0.1) is 19.3 Å². The molecule has 7 nitrogen and oxygen atoms in total. The molecule has 0 radical (unpaired) electrons. The fourth-order valence-electron chi connectivity index (χ4n) is 4.21. The number of aromatic amines is 2. The number of rotatable bonds is 4. The zero-order valence-electron chi connectivity index (χ0n) is 17.8. The number of hydrogen-bond donors (Lipinski definition) is 3. The second kappa shape index (κ2) is 6.95. The molecule has 0 aliphatic carbocycles. The first-order valence-corrected chi connectivity index (χ1v) is 9.92. The topological polar surface area (TPSA) is 108 Å². The summed E-state index contributed by atoms with van der Waals surface area (Å²) in [5.41, 5.74) is 2.72. The van der Waals surface area contributed by atoms with Crippen molar-refractivity contribution in [3.8, 4) is 11.1 Å². The minimum atomic E-state index is -1.42. The predicted molar refractivity (Wildman–Crippen MR) is 115 cm³/mol. The Labute approximate surface area is 174 Å². The summed E-state index contributed by atoms with van der Waals surface area (Å²) >= 11 is 0. The molecule has 1 unspecified atom stereocenters. The molecular weight excluding hydrogens is 380 g/mol. The molecule has 0 fully saturated rings. The summed E-state index contributed by atoms with van der Waals surface area (Å²) in [5, 5.41) is 16.2. The number of H-pyrrole nitrogens is 2. The van der Waals surface area contributed by atoms with Crippen molar-refractivity contribution in [1.82, 2.24) is 20.1 Å². The zero-order valence-corrected chi connectivity index (χ0v) is 17.8. The first-order valence-electron chi connectivity index (χ1n) is 9.92. The van der Waals surface area contributed by atoms with Gasteiger partial charge in [0.2, 0.25) is 0 Å². The van der Waals surface area contributed by atoms with E-state index in [1.54, 1.807) is 6.20 Å². The van der Waals surface area contributed by atoms with Crippen LogP contribution >= 0.6 is 0 Å². The number of nitrogens with zero attached hydrogens (tertiary/aromatic N) is 2. The Balaban J connectivity index is 2.07. The monoisotopic (exact) mass is 406 g/mol. The van der Waals surface area contributed by atoms with E-state index < -0.39 is 5.60 Å². The number of benzene rings is 1. The van der Waals surface area contributed by atoms with E-state index in [-0.39, 0.29) is 11.1 Å². The van der Waals surface area contributed by atoms with E-state index in [9.17, 15) is 9.90 Å². The Morgan fingerprint density at radius 2 is 1.90 bits per heavy atom. The summed E-state index contributed by atoms with van der Waals surface area (Å²) in [6.07, 6.45) is 2.07. The summed E-state index contributed by atoms with van der Waals surface area (Å²) in [5.74, 6) is 0.674. The maximum Gasteiger partial charge on any atom is 0.323 e. The number of hydrogen-bond acceptors (Lipinski definition) is 5. The van der Waals surface area contributed by atoms with Gasteiger partial charge in [0.1, 0.15) is 11.4 Å². The fraction of sp³-hybridized carbons (Fsp3) is 0.348. The Hall–Kier alpha value is -3.19. The number of pyridine rings is 1. The van der Waals surface area contributed by atoms with Gasteiger partial charge in [-0.15, -0.1) is 0 Å². The van der Waals surface area contributed by atoms with Crippen LogP contribution in [-0.2, 0) is 5.60 Å². The van der Waals surface area contributed by atoms with Gasteiger partial charge in [-0.05, 0) is 55.5 Å². The predicted octanol–water partition coefficient (Wildman–Crippen LogP) is 4.20. The van der Waals surface area contributed by atoms with Gasteiger partial charge < -0.3 is 19.6 Å². The molecular formula is C23H26N4O3. The highest BCUT2D eigenvalue weighted by atomic mass is 16.5. The van der Waals surface area contributed by atoms with E-state index >= 15 is 0 Å². The van der Waals surface area contributed by atoms with Crippen molar-refractivity contribution in [2.75, 3.05) is 0 Å². The van der Waals surface area contributed by atoms with Crippen LogP contribution in [0.15, 0.2) is 45.8 Å². The molecule has 3 aromatic heterocycles. The molecule has 0 saturated heterocycles. The minimum Gasteiger partial charge on any atom is -0.379 e. The number of imidazole rings is 1. The van der Waals surface area contributed by atoms with Gasteiger partial charge in [0.05, 0.1) is 22.4 Å². The van der Waals surface area contributed by atoms with E-state index in [2.05, 4.69) is 40.9 Å². The molecule has 4 rings (SSSR count). The molecule has 3 heterocycles. The lowest BCUT2D eigenvalue weighted by molar-refractivity contribution is 0.0334. The SMILES string of the molecule is Cc1noc(C)c1-c1cc(C(O)(CC(C)(C)C)c2ccccn2)c2[nH]c(=O)[nH]c2c1. The van der Waals surface area contributed by atoms with Gasteiger partial charge in [-0.1, -0.05) is 32.0 Å². The van der Waals surface area contributed by atoms with Gasteiger partial charge in [-0.3, -0.25) is 4.98 Å². The fourth-order valence-corrected chi connectivity index (χ4v) is 4.21. The summed E-state index contributed by atoms with van der Waals surface area (Å²) in [6.45, 7) is 9.91. The first kappa shape index (κ1) is 20.1. The normalized spacial score (nSPS) is 14.2. The van der Waals surface area contributed by atoms with Crippen molar-refractivity contribution in [2.24, 2.45) is 5.41 Å². The molecule has 156 valence electrons. The van der Waals surface area contributed by atoms with Gasteiger partial charge in [0.25, 0.3) is 0 Å². The summed E-state index contributed by atoms with van der Waals surface area (Å²) in [6, 6.07) is 9.25. The van der Waals surface area contributed by atoms with E-state index in [1.807, 2.05) is 44.2 Å². The van der Waals surface area contributed by atoms with Crippen LogP contribution in [0.2, 0.25) is 0 Å². The van der Waals surface area contributed by atoms with Crippen molar-refractivity contribution in [1.29, 1.82) is 0 Å². The third-order valence-electron chi connectivity index (χ3n) is 5.27. The lowest BCUT2D eigenvalue weighted by atomic mass is 9.75. The number of aromatic nitrogens is 4. The zero-order chi connectivity index (χ0) is 21.7. The summed E-state index contributed by atoms with van der Waals surface area (Å²) in [4.78, 5) is 22.3. The molecule has 7 heteroatoms. The molecule has 0 aliphatic heterocycles. The Morgan fingerprint density at radius 1 is 1.13 bits per heavy atom. The Morgan fingerprint density at radius 3 is 2.50 bits per heavy atom. The van der Waals surface area contributed by atoms with Crippen LogP contribution in [0.5, 0.6) is 0 Å². The number of aliphatic hydroxyl groups is 1. The molecule has 0 bridgehead atoms. The maximum atomic E-state index is 12.2. The van der Waals surface area contributed by atoms with Gasteiger partial charge in [0.15, 0.2) is 0 Å². The van der Waals surface area contributed by atoms with Crippen LogP contribution in [0.1, 0.15) is 49.9 Å². The third kappa shape index (κ3) is 3.45. The van der Waals surface area contributed by atoms with Crippen LogP contribution in [0.3, 0.4) is 0 Å². The van der Waals surface area contributed by atoms with Crippen molar-refractivity contribution >= 4 is 11.0 Å². The molecule has 0 amide bonds. The van der Waals surface area contributed by atoms with E-state index in [0.29, 0.717) is 34.5 Å². The van der Waals surface area contributed by atoms with E-state index in [0.717, 1.165) is 16.8 Å². The Kier molecular flexibility index (Phi) is 4.66. The molecule has 0 aliphatic rings. The third-order valence-corrected chi connectivity index (χ3v) is 5.27. The highest BCUT2D eigenvalue weighted by Gasteiger charge is 2.39. The molecule has 1 aromatic carbocycles. The minimum absolute atomic E-state index is 0.214. The smallest absolute Gasteiger partial charge is 0.323 e. The molecule has 0 spiro atoms. The molecule has 30 heavy (non-hydrogen) atoms. The van der Waals surface area contributed by atoms with Crippen molar-refractivity contribution < 1.29 is 9.63 Å². The van der Waals surface area contributed by atoms with Gasteiger partial charge in [-0.2, -0.15) is 0 Å². The van der Waals surface area contributed by atoms with Crippen LogP contribution in [-0.4, -0.2) is 25.2 Å². The Bertz CT molecular complexity index is 1240. The number of nitrogens with one attached hydrogen (secondary N) is 2. The van der Waals surface area contributed by atoms with Crippen molar-refractivity contribution in [2.45, 2.75) is 46.6 Å². The average Bonchev–Trinajstić information content (AvgIpc) is 3.20. The van der Waals surface area contributed by atoms with E-state index in [1.165, 1.54) is 0 Å². The standard InChI is InChI=1S/C23H26N4O3/c1-13-19(14(2)30-27-13)15-10-16(20-17(11-15)25-21(28)26-20)23(29,12-22(3,4)5)18-8-6-7-9-24-18/h6-11,29H,12H2,1-5H3,(H2,25,26,28). The molecule has 4 aromatic rings. The highest BCUT2D eigenvalue weighted by molar-refractivity contribution is 5.87. The summed E-state index contributed by atoms with van der Waals surface area (Å²) < 4.78 is 5.35.